The number of hydrogen-bond acceptors (Lipinski definition) is 2. The molecule has 2 aromatic carbocycles. The molecule has 0 saturated carbocycles. The Morgan fingerprint density at radius 1 is 1.21 bits per heavy atom. The molecule has 0 bridgehead atoms. The second-order valence-corrected chi connectivity index (χ2v) is 5.03. The lowest BCUT2D eigenvalue weighted by molar-refractivity contribution is 0.335. The van der Waals surface area contributed by atoms with Gasteiger partial charge in [-0.3, -0.25) is 0 Å². The van der Waals surface area contributed by atoms with Gasteiger partial charge < -0.3 is 10.5 Å². The van der Waals surface area contributed by atoms with Crippen LogP contribution in [0.3, 0.4) is 0 Å². The summed E-state index contributed by atoms with van der Waals surface area (Å²) >= 11 is 3.24. The molecule has 19 heavy (non-hydrogen) atoms. The van der Waals surface area contributed by atoms with Crippen molar-refractivity contribution in [2.24, 2.45) is 5.73 Å². The minimum atomic E-state index is -0.546. The standard InChI is InChI=1S/C15H15BrFNO/c1-2-19-14-6-4-3-5-12(14)15(18)11-8-7-10(16)9-13(11)17/h3-9,15H,2,18H2,1H3. The van der Waals surface area contributed by atoms with Gasteiger partial charge in [-0.05, 0) is 25.1 Å². The molecule has 0 aromatic heterocycles. The summed E-state index contributed by atoms with van der Waals surface area (Å²) < 4.78 is 20.2. The molecule has 2 N–H and O–H groups in total. The maximum Gasteiger partial charge on any atom is 0.129 e. The number of ether oxygens (including phenoxy) is 1. The molecule has 0 aliphatic rings. The molecule has 0 aliphatic heterocycles. The zero-order valence-electron chi connectivity index (χ0n) is 10.6. The van der Waals surface area contributed by atoms with E-state index in [4.69, 9.17) is 10.5 Å². The third kappa shape index (κ3) is 3.14. The number of rotatable bonds is 4. The number of nitrogens with two attached hydrogens (primary N) is 1. The molecule has 1 atom stereocenters. The van der Waals surface area contributed by atoms with Gasteiger partial charge in [0, 0.05) is 15.6 Å². The van der Waals surface area contributed by atoms with Gasteiger partial charge in [0.05, 0.1) is 12.6 Å². The van der Waals surface area contributed by atoms with E-state index in [1.54, 1.807) is 12.1 Å². The van der Waals surface area contributed by atoms with E-state index < -0.39 is 6.04 Å². The number of halogens is 2. The Kier molecular flexibility index (Phi) is 4.56. The third-order valence-corrected chi connectivity index (χ3v) is 3.34. The smallest absolute Gasteiger partial charge is 0.129 e. The fourth-order valence-electron chi connectivity index (χ4n) is 1.95. The Bertz CT molecular complexity index is 574. The fraction of sp³-hybridized carbons (Fsp3) is 0.200. The average molecular weight is 324 g/mol. The summed E-state index contributed by atoms with van der Waals surface area (Å²) in [5.41, 5.74) is 7.40. The van der Waals surface area contributed by atoms with E-state index in [-0.39, 0.29) is 5.82 Å². The molecule has 0 radical (unpaired) electrons. The molecule has 2 aromatic rings. The highest BCUT2D eigenvalue weighted by Crippen LogP contribution is 2.30. The Morgan fingerprint density at radius 3 is 2.63 bits per heavy atom. The quantitative estimate of drug-likeness (QED) is 0.921. The third-order valence-electron chi connectivity index (χ3n) is 2.85. The predicted octanol–water partition coefficient (Wildman–Crippen LogP) is 4.04. The van der Waals surface area contributed by atoms with Crippen molar-refractivity contribution in [1.29, 1.82) is 0 Å². The highest BCUT2D eigenvalue weighted by atomic mass is 79.9. The predicted molar refractivity (Wildman–Crippen MR) is 77.7 cm³/mol. The normalized spacial score (nSPS) is 12.2. The molecule has 100 valence electrons. The van der Waals surface area contributed by atoms with Gasteiger partial charge in [0.25, 0.3) is 0 Å². The van der Waals surface area contributed by atoms with E-state index in [2.05, 4.69) is 15.9 Å². The first-order chi connectivity index (χ1) is 9.13. The largest absolute Gasteiger partial charge is 0.494 e. The van der Waals surface area contributed by atoms with Crippen molar-refractivity contribution in [3.8, 4) is 5.75 Å². The SMILES string of the molecule is CCOc1ccccc1C(N)c1ccc(Br)cc1F. The first-order valence-electron chi connectivity index (χ1n) is 6.05. The van der Waals surface area contributed by atoms with Crippen molar-refractivity contribution in [2.75, 3.05) is 6.61 Å². The molecular formula is C15H15BrFNO. The maximum absolute atomic E-state index is 14.0. The van der Waals surface area contributed by atoms with Crippen molar-refractivity contribution >= 4 is 15.9 Å². The number of benzene rings is 2. The molecule has 2 nitrogen and oxygen atoms in total. The van der Waals surface area contributed by atoms with Gasteiger partial charge in [0.15, 0.2) is 0 Å². The van der Waals surface area contributed by atoms with Gasteiger partial charge in [-0.1, -0.05) is 40.2 Å². The van der Waals surface area contributed by atoms with Gasteiger partial charge in [0.2, 0.25) is 0 Å². The maximum atomic E-state index is 14.0. The number of hydrogen-bond donors (Lipinski definition) is 1. The fourth-order valence-corrected chi connectivity index (χ4v) is 2.28. The second-order valence-electron chi connectivity index (χ2n) is 4.11. The Morgan fingerprint density at radius 2 is 1.95 bits per heavy atom. The summed E-state index contributed by atoms with van der Waals surface area (Å²) in [7, 11) is 0. The van der Waals surface area contributed by atoms with Gasteiger partial charge >= 0.3 is 0 Å². The monoisotopic (exact) mass is 323 g/mol. The van der Waals surface area contributed by atoms with E-state index in [0.717, 1.165) is 5.56 Å². The molecule has 0 fully saturated rings. The van der Waals surface area contributed by atoms with Crippen LogP contribution in [0.15, 0.2) is 46.9 Å². The summed E-state index contributed by atoms with van der Waals surface area (Å²) in [5, 5.41) is 0. The minimum absolute atomic E-state index is 0.326. The summed E-state index contributed by atoms with van der Waals surface area (Å²) in [6.45, 7) is 2.45. The van der Waals surface area contributed by atoms with Crippen LogP contribution in [0.1, 0.15) is 24.1 Å². The van der Waals surface area contributed by atoms with E-state index in [1.165, 1.54) is 6.07 Å². The Hall–Kier alpha value is -1.39. The van der Waals surface area contributed by atoms with E-state index >= 15 is 0 Å². The van der Waals surface area contributed by atoms with Crippen LogP contribution >= 0.6 is 15.9 Å². The zero-order valence-corrected chi connectivity index (χ0v) is 12.2. The summed E-state index contributed by atoms with van der Waals surface area (Å²) in [6.07, 6.45) is 0. The first-order valence-corrected chi connectivity index (χ1v) is 6.85. The van der Waals surface area contributed by atoms with Crippen molar-refractivity contribution in [3.63, 3.8) is 0 Å². The first kappa shape index (κ1) is 14.0. The van der Waals surface area contributed by atoms with Crippen LogP contribution in [0.4, 0.5) is 4.39 Å². The molecule has 2 rings (SSSR count). The molecule has 0 aliphatic carbocycles. The Balaban J connectivity index is 2.41. The van der Waals surface area contributed by atoms with Crippen molar-refractivity contribution in [1.82, 2.24) is 0 Å². The molecule has 1 unspecified atom stereocenters. The molecule has 0 amide bonds. The lowest BCUT2D eigenvalue weighted by Gasteiger charge is -2.17. The minimum Gasteiger partial charge on any atom is -0.494 e. The number of para-hydroxylation sites is 1. The van der Waals surface area contributed by atoms with Crippen molar-refractivity contribution in [3.05, 3.63) is 63.9 Å². The van der Waals surface area contributed by atoms with Gasteiger partial charge in [-0.2, -0.15) is 0 Å². The highest BCUT2D eigenvalue weighted by molar-refractivity contribution is 9.10. The molecular weight excluding hydrogens is 309 g/mol. The zero-order chi connectivity index (χ0) is 13.8. The second kappa shape index (κ2) is 6.17. The van der Waals surface area contributed by atoms with E-state index in [1.807, 2.05) is 31.2 Å². The molecule has 0 saturated heterocycles. The van der Waals surface area contributed by atoms with Gasteiger partial charge in [-0.15, -0.1) is 0 Å². The van der Waals surface area contributed by atoms with Gasteiger partial charge in [0.1, 0.15) is 11.6 Å². The lowest BCUT2D eigenvalue weighted by Crippen LogP contribution is -2.15. The molecule has 0 spiro atoms. The van der Waals surface area contributed by atoms with E-state index in [0.29, 0.717) is 22.4 Å². The van der Waals surface area contributed by atoms with E-state index in [9.17, 15) is 4.39 Å². The van der Waals surface area contributed by atoms with Crippen LogP contribution < -0.4 is 10.5 Å². The van der Waals surface area contributed by atoms with Crippen LogP contribution in [-0.2, 0) is 0 Å². The summed E-state index contributed by atoms with van der Waals surface area (Å²) in [5.74, 6) is 0.369. The lowest BCUT2D eigenvalue weighted by atomic mass is 9.98. The van der Waals surface area contributed by atoms with Crippen LogP contribution in [0.5, 0.6) is 5.75 Å². The van der Waals surface area contributed by atoms with Crippen LogP contribution in [0.2, 0.25) is 0 Å². The van der Waals surface area contributed by atoms with Crippen molar-refractivity contribution < 1.29 is 9.13 Å². The van der Waals surface area contributed by atoms with Crippen LogP contribution in [0.25, 0.3) is 0 Å². The van der Waals surface area contributed by atoms with Crippen molar-refractivity contribution in [2.45, 2.75) is 13.0 Å². The van der Waals surface area contributed by atoms with Gasteiger partial charge in [-0.25, -0.2) is 4.39 Å². The highest BCUT2D eigenvalue weighted by Gasteiger charge is 2.17. The molecule has 0 heterocycles. The van der Waals surface area contributed by atoms with Crippen LogP contribution in [0, 0.1) is 5.82 Å². The Labute approximate surface area is 120 Å². The topological polar surface area (TPSA) is 35.2 Å². The van der Waals surface area contributed by atoms with Crippen LogP contribution in [-0.4, -0.2) is 6.61 Å². The molecule has 4 heteroatoms. The average Bonchev–Trinajstić information content (AvgIpc) is 2.39. The summed E-state index contributed by atoms with van der Waals surface area (Å²) in [6, 6.07) is 11.8. The summed E-state index contributed by atoms with van der Waals surface area (Å²) in [4.78, 5) is 0.